The van der Waals surface area contributed by atoms with Crippen LogP contribution in [0.25, 0.3) is 10.9 Å². The number of fused-ring (bicyclic) bond motifs is 1. The SMILES string of the molecule is CO[C@@H]1CN(c2c(F)cc3c(=O)c(C(=O)O)cn(C4CC4)c3c2F)C[C@H]1NC(=O)OC(C)(C)C. The number of carbonyl (C=O) groups excluding carboxylic acids is 1. The van der Waals surface area contributed by atoms with Crippen molar-refractivity contribution >= 4 is 28.7 Å². The van der Waals surface area contributed by atoms with Crippen LogP contribution in [-0.2, 0) is 9.47 Å². The summed E-state index contributed by atoms with van der Waals surface area (Å²) in [6.45, 7) is 5.28. The maximum atomic E-state index is 15.8. The molecule has 1 aliphatic heterocycles. The summed E-state index contributed by atoms with van der Waals surface area (Å²) >= 11 is 0. The maximum absolute atomic E-state index is 15.8. The zero-order chi connectivity index (χ0) is 24.9. The van der Waals surface area contributed by atoms with E-state index in [1.807, 2.05) is 0 Å². The van der Waals surface area contributed by atoms with Crippen LogP contribution in [0.5, 0.6) is 0 Å². The van der Waals surface area contributed by atoms with Crippen LogP contribution in [-0.4, -0.2) is 59.7 Å². The van der Waals surface area contributed by atoms with Crippen LogP contribution in [0.1, 0.15) is 50.0 Å². The zero-order valence-electron chi connectivity index (χ0n) is 19.4. The van der Waals surface area contributed by atoms with E-state index in [0.717, 1.165) is 12.3 Å². The zero-order valence-corrected chi connectivity index (χ0v) is 19.4. The van der Waals surface area contributed by atoms with E-state index in [0.29, 0.717) is 12.8 Å². The Kier molecular flexibility index (Phi) is 6.01. The summed E-state index contributed by atoms with van der Waals surface area (Å²) in [5, 5.41) is 11.7. The number of benzene rings is 1. The molecule has 2 N–H and O–H groups in total. The molecule has 1 aliphatic carbocycles. The Morgan fingerprint density at radius 3 is 2.44 bits per heavy atom. The van der Waals surface area contributed by atoms with Gasteiger partial charge in [-0.3, -0.25) is 4.79 Å². The number of aromatic carboxylic acids is 1. The van der Waals surface area contributed by atoms with Crippen molar-refractivity contribution in [2.45, 2.75) is 57.4 Å². The number of pyridine rings is 1. The van der Waals surface area contributed by atoms with Crippen molar-refractivity contribution in [3.63, 3.8) is 0 Å². The van der Waals surface area contributed by atoms with E-state index in [2.05, 4.69) is 5.32 Å². The Morgan fingerprint density at radius 2 is 1.88 bits per heavy atom. The quantitative estimate of drug-likeness (QED) is 0.678. The number of aromatic nitrogens is 1. The number of anilines is 1. The molecule has 2 heterocycles. The number of alkyl carbamates (subject to hydrolysis) is 1. The summed E-state index contributed by atoms with van der Waals surface area (Å²) in [4.78, 5) is 37.8. The molecule has 1 aromatic carbocycles. The van der Waals surface area contributed by atoms with E-state index in [-0.39, 0.29) is 35.7 Å². The van der Waals surface area contributed by atoms with E-state index in [1.54, 1.807) is 20.8 Å². The second-order valence-electron chi connectivity index (χ2n) is 9.66. The smallest absolute Gasteiger partial charge is 0.408 e. The number of halogens is 2. The van der Waals surface area contributed by atoms with Crippen LogP contribution in [0, 0.1) is 11.6 Å². The molecular weight excluding hydrogens is 452 g/mol. The number of methoxy groups -OCH3 is 1. The molecule has 0 bridgehead atoms. The van der Waals surface area contributed by atoms with Gasteiger partial charge in [0, 0.05) is 32.4 Å². The molecule has 0 unspecified atom stereocenters. The third kappa shape index (κ3) is 4.44. The Bertz CT molecular complexity index is 1220. The fraction of sp³-hybridized carbons (Fsp3) is 0.522. The van der Waals surface area contributed by atoms with Gasteiger partial charge in [-0.05, 0) is 39.7 Å². The number of nitrogens with zero attached hydrogens (tertiary/aromatic N) is 2. The van der Waals surface area contributed by atoms with Crippen molar-refractivity contribution in [3.05, 3.63) is 39.7 Å². The molecule has 4 rings (SSSR count). The van der Waals surface area contributed by atoms with E-state index in [4.69, 9.17) is 9.47 Å². The summed E-state index contributed by atoms with van der Waals surface area (Å²) in [7, 11) is 1.43. The minimum atomic E-state index is -1.45. The summed E-state index contributed by atoms with van der Waals surface area (Å²) < 4.78 is 43.2. The lowest BCUT2D eigenvalue weighted by Gasteiger charge is -2.24. The van der Waals surface area contributed by atoms with Crippen molar-refractivity contribution in [2.24, 2.45) is 0 Å². The molecule has 1 amide bonds. The summed E-state index contributed by atoms with van der Waals surface area (Å²) in [6.07, 6.45) is 1.28. The van der Waals surface area contributed by atoms with Crippen LogP contribution in [0.15, 0.2) is 17.1 Å². The van der Waals surface area contributed by atoms with Crippen molar-refractivity contribution in [3.8, 4) is 0 Å². The van der Waals surface area contributed by atoms with Crippen LogP contribution < -0.4 is 15.6 Å². The first-order valence-corrected chi connectivity index (χ1v) is 11.0. The van der Waals surface area contributed by atoms with Gasteiger partial charge in [-0.15, -0.1) is 0 Å². The summed E-state index contributed by atoms with van der Waals surface area (Å²) in [6, 6.07) is 0.118. The Labute approximate surface area is 194 Å². The lowest BCUT2D eigenvalue weighted by molar-refractivity contribution is 0.0417. The Balaban J connectivity index is 1.74. The third-order valence-electron chi connectivity index (χ3n) is 5.94. The topological polar surface area (TPSA) is 110 Å². The average Bonchev–Trinajstić information content (AvgIpc) is 3.48. The monoisotopic (exact) mass is 479 g/mol. The number of hydrogen-bond acceptors (Lipinski definition) is 6. The lowest BCUT2D eigenvalue weighted by atomic mass is 10.1. The Morgan fingerprint density at radius 1 is 1.21 bits per heavy atom. The van der Waals surface area contributed by atoms with Gasteiger partial charge in [0.2, 0.25) is 5.43 Å². The summed E-state index contributed by atoms with van der Waals surface area (Å²) in [5.41, 5.74) is -2.69. The van der Waals surface area contributed by atoms with Gasteiger partial charge < -0.3 is 29.4 Å². The molecule has 2 aliphatic rings. The van der Waals surface area contributed by atoms with Gasteiger partial charge in [0.05, 0.1) is 23.0 Å². The van der Waals surface area contributed by atoms with Crippen molar-refractivity contribution < 1.29 is 33.0 Å². The van der Waals surface area contributed by atoms with E-state index >= 15 is 8.78 Å². The molecule has 0 spiro atoms. The number of amides is 1. The number of carboxylic acids is 1. The number of carboxylic acid groups (broad SMARTS) is 1. The predicted octanol–water partition coefficient (Wildman–Crippen LogP) is 3.04. The standard InChI is InChI=1S/C23H27F2N3O6/c1-23(2,3)34-22(32)26-15-9-27(10-16(15)33-4)19-14(24)7-12-18(17(19)25)28(11-5-6-11)8-13(20(12)29)21(30)31/h7-8,11,15-16H,5-6,9-10H2,1-4H3,(H,26,32)(H,30,31)/t15-,16-/m1/s1. The van der Waals surface area contributed by atoms with E-state index < -0.39 is 52.4 Å². The van der Waals surface area contributed by atoms with Gasteiger partial charge >= 0.3 is 12.1 Å². The normalized spacial score (nSPS) is 20.6. The van der Waals surface area contributed by atoms with Gasteiger partial charge in [0.15, 0.2) is 5.82 Å². The largest absolute Gasteiger partial charge is 0.477 e. The molecule has 2 aromatic rings. The number of ether oxygens (including phenoxy) is 2. The second-order valence-corrected chi connectivity index (χ2v) is 9.66. The molecule has 11 heteroatoms. The minimum Gasteiger partial charge on any atom is -0.477 e. The van der Waals surface area contributed by atoms with Crippen molar-refractivity contribution in [1.82, 2.24) is 9.88 Å². The molecule has 2 atom stereocenters. The highest BCUT2D eigenvalue weighted by Gasteiger charge is 2.38. The molecular formula is C23H27F2N3O6. The molecule has 1 saturated heterocycles. The number of carbonyl (C=O) groups is 2. The van der Waals surface area contributed by atoms with Gasteiger partial charge in [-0.2, -0.15) is 0 Å². The molecule has 1 saturated carbocycles. The molecule has 0 radical (unpaired) electrons. The van der Waals surface area contributed by atoms with Crippen molar-refractivity contribution in [2.75, 3.05) is 25.1 Å². The predicted molar refractivity (Wildman–Crippen MR) is 120 cm³/mol. The third-order valence-corrected chi connectivity index (χ3v) is 5.94. The number of rotatable bonds is 5. The van der Waals surface area contributed by atoms with E-state index in [9.17, 15) is 19.5 Å². The maximum Gasteiger partial charge on any atom is 0.408 e. The first-order valence-electron chi connectivity index (χ1n) is 11.0. The van der Waals surface area contributed by atoms with Crippen LogP contribution in [0.2, 0.25) is 0 Å². The van der Waals surface area contributed by atoms with Crippen LogP contribution in [0.3, 0.4) is 0 Å². The highest BCUT2D eigenvalue weighted by Crippen LogP contribution is 2.40. The summed E-state index contributed by atoms with van der Waals surface area (Å²) in [5.74, 6) is -3.41. The van der Waals surface area contributed by atoms with Gasteiger partial charge in [-0.1, -0.05) is 0 Å². The first-order chi connectivity index (χ1) is 15.9. The molecule has 9 nitrogen and oxygen atoms in total. The second kappa shape index (κ2) is 8.53. The van der Waals surface area contributed by atoms with Crippen molar-refractivity contribution in [1.29, 1.82) is 0 Å². The lowest BCUT2D eigenvalue weighted by Crippen LogP contribution is -2.45. The van der Waals surface area contributed by atoms with Crippen LogP contribution in [0.4, 0.5) is 19.3 Å². The van der Waals surface area contributed by atoms with E-state index in [1.165, 1.54) is 16.6 Å². The minimum absolute atomic E-state index is 0.0396. The van der Waals surface area contributed by atoms with Gasteiger partial charge in [0.25, 0.3) is 0 Å². The fourth-order valence-corrected chi connectivity index (χ4v) is 4.31. The number of nitrogens with one attached hydrogen (secondary N) is 1. The van der Waals surface area contributed by atoms with Gasteiger partial charge in [0.1, 0.15) is 22.7 Å². The number of hydrogen-bond donors (Lipinski definition) is 2. The highest BCUT2D eigenvalue weighted by molar-refractivity contribution is 5.94. The molecule has 2 fully saturated rings. The highest BCUT2D eigenvalue weighted by atomic mass is 19.1. The Hall–Kier alpha value is -3.21. The molecule has 34 heavy (non-hydrogen) atoms. The fourth-order valence-electron chi connectivity index (χ4n) is 4.31. The first kappa shape index (κ1) is 23.9. The molecule has 184 valence electrons. The molecule has 1 aromatic heterocycles. The average molecular weight is 479 g/mol. The van der Waals surface area contributed by atoms with Gasteiger partial charge in [-0.25, -0.2) is 18.4 Å². The van der Waals surface area contributed by atoms with Crippen LogP contribution >= 0.6 is 0 Å².